The number of carbonyl (C=O) groups is 2. The Labute approximate surface area is 181 Å². The predicted molar refractivity (Wildman–Crippen MR) is 122 cm³/mol. The van der Waals surface area contributed by atoms with Crippen LogP contribution in [0.1, 0.15) is 32.0 Å². The number of carbonyl (C=O) groups excluding carboxylic acids is 2. The van der Waals surface area contributed by atoms with Gasteiger partial charge < -0.3 is 20.0 Å². The second-order valence-electron chi connectivity index (χ2n) is 8.03. The molecule has 4 rings (SSSR count). The Morgan fingerprint density at radius 3 is 2.32 bits per heavy atom. The smallest absolute Gasteiger partial charge is 0.256 e. The molecule has 0 atom stereocenters. The molecule has 0 bridgehead atoms. The normalized spacial score (nSPS) is 12.5. The molecule has 2 aromatic carbocycles. The van der Waals surface area contributed by atoms with Crippen molar-refractivity contribution in [2.75, 3.05) is 43.3 Å². The van der Waals surface area contributed by atoms with Gasteiger partial charge in [0, 0.05) is 56.3 Å². The zero-order chi connectivity index (χ0) is 22.1. The number of aromatic amines is 1. The molecule has 8 nitrogen and oxygen atoms in total. The Hall–Kier alpha value is -3.81. The van der Waals surface area contributed by atoms with Crippen LogP contribution in [0.4, 0.5) is 17.2 Å². The number of aromatic nitrogens is 2. The highest BCUT2D eigenvalue weighted by Gasteiger charge is 2.29. The number of benzene rings is 2. The van der Waals surface area contributed by atoms with Crippen molar-refractivity contribution in [1.29, 1.82) is 0 Å². The number of rotatable bonds is 5. The maximum Gasteiger partial charge on any atom is 0.256 e. The van der Waals surface area contributed by atoms with E-state index in [9.17, 15) is 9.59 Å². The summed E-state index contributed by atoms with van der Waals surface area (Å²) in [6.07, 6.45) is 0. The van der Waals surface area contributed by atoms with Crippen LogP contribution in [0.15, 0.2) is 48.5 Å². The maximum absolute atomic E-state index is 13.0. The summed E-state index contributed by atoms with van der Waals surface area (Å²) in [5.41, 5.74) is 4.86. The third-order valence-electron chi connectivity index (χ3n) is 5.43. The zero-order valence-corrected chi connectivity index (χ0v) is 18.1. The van der Waals surface area contributed by atoms with Crippen molar-refractivity contribution in [1.82, 2.24) is 15.1 Å². The van der Waals surface area contributed by atoms with Crippen LogP contribution < -0.4 is 15.1 Å². The van der Waals surface area contributed by atoms with E-state index in [1.807, 2.05) is 74.4 Å². The fourth-order valence-corrected chi connectivity index (χ4v) is 3.58. The van der Waals surface area contributed by atoms with Gasteiger partial charge in [0.25, 0.3) is 11.8 Å². The van der Waals surface area contributed by atoms with Crippen molar-refractivity contribution in [3.05, 3.63) is 70.9 Å². The first-order valence-electron chi connectivity index (χ1n) is 10.0. The predicted octanol–water partition coefficient (Wildman–Crippen LogP) is 2.95. The molecular weight excluding hydrogens is 392 g/mol. The van der Waals surface area contributed by atoms with E-state index in [2.05, 4.69) is 15.5 Å². The minimum Gasteiger partial charge on any atom is -0.378 e. The summed E-state index contributed by atoms with van der Waals surface area (Å²) in [6.45, 7) is 0.826. The van der Waals surface area contributed by atoms with Crippen molar-refractivity contribution >= 4 is 29.0 Å². The Kier molecular flexibility index (Phi) is 5.37. The molecule has 0 saturated carbocycles. The van der Waals surface area contributed by atoms with Crippen LogP contribution >= 0.6 is 0 Å². The number of H-pyrrole nitrogens is 1. The molecule has 3 aromatic rings. The first kappa shape index (κ1) is 20.5. The summed E-state index contributed by atoms with van der Waals surface area (Å²) in [6, 6.07) is 14.9. The van der Waals surface area contributed by atoms with Crippen molar-refractivity contribution in [3.8, 4) is 0 Å². The van der Waals surface area contributed by atoms with Crippen LogP contribution in [-0.2, 0) is 13.1 Å². The Morgan fingerprint density at radius 1 is 0.935 bits per heavy atom. The van der Waals surface area contributed by atoms with Gasteiger partial charge in [-0.25, -0.2) is 0 Å². The third-order valence-corrected chi connectivity index (χ3v) is 5.43. The molecule has 1 aliphatic heterocycles. The lowest BCUT2D eigenvalue weighted by atomic mass is 10.1. The minimum atomic E-state index is -0.233. The Morgan fingerprint density at radius 2 is 1.65 bits per heavy atom. The van der Waals surface area contributed by atoms with E-state index >= 15 is 0 Å². The number of anilines is 3. The lowest BCUT2D eigenvalue weighted by Crippen LogP contribution is -2.26. The standard InChI is InChI=1S/C23H26N6O2/c1-27(2)17-10-8-15(9-11-17)22(30)24-21-19-13-29(14-20(19)25-26-21)23(31)16-6-5-7-18(12-16)28(3)4/h5-12H,13-14H2,1-4H3,(H2,24,25,26,30). The van der Waals surface area contributed by atoms with Crippen molar-refractivity contribution in [3.63, 3.8) is 0 Å². The van der Waals surface area contributed by atoms with E-state index < -0.39 is 0 Å². The summed E-state index contributed by atoms with van der Waals surface area (Å²) < 4.78 is 0. The molecule has 1 aliphatic rings. The van der Waals surface area contributed by atoms with Crippen LogP contribution in [-0.4, -0.2) is 55.1 Å². The average Bonchev–Trinajstić information content (AvgIpc) is 3.35. The number of hydrogen-bond acceptors (Lipinski definition) is 5. The van der Waals surface area contributed by atoms with E-state index in [1.54, 1.807) is 17.0 Å². The molecule has 0 radical (unpaired) electrons. The van der Waals surface area contributed by atoms with Gasteiger partial charge in [-0.2, -0.15) is 5.10 Å². The zero-order valence-electron chi connectivity index (χ0n) is 18.1. The van der Waals surface area contributed by atoms with Gasteiger partial charge in [0.2, 0.25) is 0 Å². The second kappa shape index (κ2) is 8.14. The number of fused-ring (bicyclic) bond motifs is 1. The minimum absolute atomic E-state index is 0.0511. The van der Waals surface area contributed by atoms with Crippen LogP contribution in [0.2, 0.25) is 0 Å². The molecule has 31 heavy (non-hydrogen) atoms. The number of nitrogens with one attached hydrogen (secondary N) is 2. The monoisotopic (exact) mass is 418 g/mol. The van der Waals surface area contributed by atoms with Gasteiger partial charge in [0.05, 0.1) is 18.8 Å². The highest BCUT2D eigenvalue weighted by atomic mass is 16.2. The van der Waals surface area contributed by atoms with Gasteiger partial charge in [-0.05, 0) is 42.5 Å². The van der Waals surface area contributed by atoms with Crippen molar-refractivity contribution < 1.29 is 9.59 Å². The Balaban J connectivity index is 1.46. The lowest BCUT2D eigenvalue weighted by molar-refractivity contribution is 0.0750. The second-order valence-corrected chi connectivity index (χ2v) is 8.03. The van der Waals surface area contributed by atoms with Crippen LogP contribution in [0.3, 0.4) is 0 Å². The van der Waals surface area contributed by atoms with Gasteiger partial charge in [-0.15, -0.1) is 0 Å². The summed E-state index contributed by atoms with van der Waals surface area (Å²) in [5.74, 6) is 0.182. The maximum atomic E-state index is 13.0. The van der Waals surface area contributed by atoms with Gasteiger partial charge in [0.15, 0.2) is 5.82 Å². The molecule has 0 saturated heterocycles. The van der Waals surface area contributed by atoms with Gasteiger partial charge >= 0.3 is 0 Å². The molecule has 0 aliphatic carbocycles. The summed E-state index contributed by atoms with van der Waals surface area (Å²) in [5, 5.41) is 10.1. The van der Waals surface area contributed by atoms with Crippen molar-refractivity contribution in [2.45, 2.75) is 13.1 Å². The molecule has 0 fully saturated rings. The van der Waals surface area contributed by atoms with Gasteiger partial charge in [-0.3, -0.25) is 14.7 Å². The van der Waals surface area contributed by atoms with Gasteiger partial charge in [-0.1, -0.05) is 6.07 Å². The number of amides is 2. The average molecular weight is 419 g/mol. The van der Waals surface area contributed by atoms with E-state index in [0.717, 1.165) is 22.6 Å². The molecule has 8 heteroatoms. The molecule has 2 N–H and O–H groups in total. The van der Waals surface area contributed by atoms with E-state index in [1.165, 1.54) is 0 Å². The topological polar surface area (TPSA) is 84.6 Å². The first-order valence-corrected chi connectivity index (χ1v) is 10.0. The van der Waals surface area contributed by atoms with E-state index in [4.69, 9.17) is 0 Å². The van der Waals surface area contributed by atoms with E-state index in [-0.39, 0.29) is 11.8 Å². The van der Waals surface area contributed by atoms with Gasteiger partial charge in [0.1, 0.15) is 0 Å². The van der Waals surface area contributed by atoms with Crippen LogP contribution in [0, 0.1) is 0 Å². The summed E-state index contributed by atoms with van der Waals surface area (Å²) in [7, 11) is 7.79. The Bertz CT molecular complexity index is 1120. The molecule has 2 amide bonds. The van der Waals surface area contributed by atoms with Crippen LogP contribution in [0.25, 0.3) is 0 Å². The lowest BCUT2D eigenvalue weighted by Gasteiger charge is -2.18. The highest BCUT2D eigenvalue weighted by molar-refractivity contribution is 6.04. The fourth-order valence-electron chi connectivity index (χ4n) is 3.58. The molecule has 160 valence electrons. The number of nitrogens with zero attached hydrogens (tertiary/aromatic N) is 4. The quantitative estimate of drug-likeness (QED) is 0.666. The molecule has 0 spiro atoms. The first-order chi connectivity index (χ1) is 14.8. The molecule has 1 aromatic heterocycles. The summed E-state index contributed by atoms with van der Waals surface area (Å²) >= 11 is 0. The van der Waals surface area contributed by atoms with Crippen LogP contribution in [0.5, 0.6) is 0 Å². The van der Waals surface area contributed by atoms with E-state index in [0.29, 0.717) is 30.0 Å². The SMILES string of the molecule is CN(C)c1ccc(C(=O)Nc2n[nH]c3c2CN(C(=O)c2cccc(N(C)C)c2)C3)cc1. The molecular formula is C23H26N6O2. The molecule has 0 unspecified atom stereocenters. The largest absolute Gasteiger partial charge is 0.378 e. The highest BCUT2D eigenvalue weighted by Crippen LogP contribution is 2.29. The fraction of sp³-hybridized carbons (Fsp3) is 0.261. The number of hydrogen-bond donors (Lipinski definition) is 2. The summed E-state index contributed by atoms with van der Waals surface area (Å²) in [4.78, 5) is 31.4. The third kappa shape index (κ3) is 4.09. The van der Waals surface area contributed by atoms with Crippen molar-refractivity contribution in [2.24, 2.45) is 0 Å². The molecule has 2 heterocycles.